The molecule has 17 heavy (non-hydrogen) atoms. The molecule has 0 radical (unpaired) electrons. The molecule has 0 aliphatic carbocycles. The van der Waals surface area contributed by atoms with E-state index in [2.05, 4.69) is 37.9 Å². The van der Waals surface area contributed by atoms with E-state index in [1.54, 1.807) is 0 Å². The first-order chi connectivity index (χ1) is 8.41. The Bertz CT molecular complexity index is 231. The molecule has 0 amide bonds. The Kier molecular flexibility index (Phi) is 14.0. The van der Waals surface area contributed by atoms with E-state index in [9.17, 15) is 0 Å². The average Bonchev–Trinajstić information content (AvgIpc) is 2.35. The summed E-state index contributed by atoms with van der Waals surface area (Å²) in [5.74, 6) is 5.96. The Morgan fingerprint density at radius 2 is 1.12 bits per heavy atom. The van der Waals surface area contributed by atoms with Gasteiger partial charge in [0.25, 0.3) is 0 Å². The highest BCUT2D eigenvalue weighted by molar-refractivity contribution is 4.98. The maximum atomic E-state index is 4.92. The van der Waals surface area contributed by atoms with Crippen LogP contribution in [0.25, 0.3) is 0 Å². The van der Waals surface area contributed by atoms with Crippen LogP contribution in [-0.2, 0) is 4.74 Å². The molecule has 0 aliphatic heterocycles. The number of hydrogen-bond donors (Lipinski definition) is 0. The van der Waals surface area contributed by atoms with Gasteiger partial charge in [-0.3, -0.25) is 0 Å². The first-order valence-electron chi connectivity index (χ1n) is 7.03. The van der Waals surface area contributed by atoms with Gasteiger partial charge in [0, 0.05) is 12.8 Å². The van der Waals surface area contributed by atoms with Crippen LogP contribution in [0.5, 0.6) is 0 Å². The van der Waals surface area contributed by atoms with Crippen molar-refractivity contribution in [2.45, 2.75) is 78.1 Å². The number of hydrogen-bond acceptors (Lipinski definition) is 1. The van der Waals surface area contributed by atoms with Crippen molar-refractivity contribution in [2.24, 2.45) is 0 Å². The molecule has 0 rings (SSSR count). The van der Waals surface area contributed by atoms with Gasteiger partial charge in [0.05, 0.1) is 0 Å². The first kappa shape index (κ1) is 15.9. The molecule has 0 heterocycles. The zero-order chi connectivity index (χ0) is 12.6. The molecule has 0 atom stereocenters. The molecule has 0 saturated heterocycles. The molecule has 0 fully saturated rings. The molecule has 0 aromatic rings. The van der Waals surface area contributed by atoms with Gasteiger partial charge in [0.1, 0.15) is 12.2 Å². The lowest BCUT2D eigenvalue weighted by Gasteiger charge is -1.91. The van der Waals surface area contributed by atoms with E-state index in [1.807, 2.05) is 0 Å². The van der Waals surface area contributed by atoms with Gasteiger partial charge in [-0.25, -0.2) is 0 Å². The van der Waals surface area contributed by atoms with E-state index in [4.69, 9.17) is 4.74 Å². The van der Waals surface area contributed by atoms with Crippen LogP contribution < -0.4 is 0 Å². The van der Waals surface area contributed by atoms with Crippen LogP contribution in [0, 0.1) is 24.1 Å². The lowest BCUT2D eigenvalue weighted by Crippen LogP contribution is -1.76. The minimum absolute atomic E-state index is 0.929. The molecule has 0 saturated carbocycles. The minimum atomic E-state index is 0.929. The second-order valence-corrected chi connectivity index (χ2v) is 4.28. The second-order valence-electron chi connectivity index (χ2n) is 4.28. The SMILES string of the molecule is CCCCCCC#COC#CCCCCCC. The van der Waals surface area contributed by atoms with Crippen LogP contribution in [0.2, 0.25) is 0 Å². The zero-order valence-electron chi connectivity index (χ0n) is 11.5. The van der Waals surface area contributed by atoms with Gasteiger partial charge >= 0.3 is 0 Å². The Labute approximate surface area is 107 Å². The molecule has 0 aromatic carbocycles. The summed E-state index contributed by atoms with van der Waals surface area (Å²) in [6.45, 7) is 4.43. The predicted molar refractivity (Wildman–Crippen MR) is 74.2 cm³/mol. The van der Waals surface area contributed by atoms with Crippen LogP contribution in [0.15, 0.2) is 0 Å². The Morgan fingerprint density at radius 1 is 0.647 bits per heavy atom. The molecular formula is C16H26O. The Hall–Kier alpha value is -1.08. The first-order valence-corrected chi connectivity index (χ1v) is 7.03. The number of rotatable bonds is 8. The largest absolute Gasteiger partial charge is 0.357 e. The van der Waals surface area contributed by atoms with Crippen LogP contribution >= 0.6 is 0 Å². The molecule has 1 heteroatoms. The summed E-state index contributed by atoms with van der Waals surface area (Å²) in [5.41, 5.74) is 0. The van der Waals surface area contributed by atoms with E-state index in [-0.39, 0.29) is 0 Å². The molecule has 96 valence electrons. The molecular weight excluding hydrogens is 208 g/mol. The van der Waals surface area contributed by atoms with Crippen LogP contribution in [0.3, 0.4) is 0 Å². The third-order valence-electron chi connectivity index (χ3n) is 2.56. The van der Waals surface area contributed by atoms with Crippen molar-refractivity contribution in [2.75, 3.05) is 0 Å². The van der Waals surface area contributed by atoms with Crippen molar-refractivity contribution in [1.29, 1.82) is 0 Å². The van der Waals surface area contributed by atoms with Crippen LogP contribution in [0.1, 0.15) is 78.1 Å². The normalized spacial score (nSPS) is 8.82. The highest BCUT2D eigenvalue weighted by atomic mass is 16.5. The van der Waals surface area contributed by atoms with Gasteiger partial charge in [-0.1, -0.05) is 64.2 Å². The van der Waals surface area contributed by atoms with Gasteiger partial charge in [0.2, 0.25) is 0 Å². The monoisotopic (exact) mass is 234 g/mol. The third-order valence-corrected chi connectivity index (χ3v) is 2.56. The standard InChI is InChI=1S/C16H26O/c1-3-5-7-9-11-13-15-17-16-14-12-10-8-6-4-2/h3-12H2,1-2H3. The fourth-order valence-electron chi connectivity index (χ4n) is 1.48. The smallest absolute Gasteiger partial charge is 0.129 e. The Balaban J connectivity index is 3.25. The van der Waals surface area contributed by atoms with Crippen LogP contribution in [0.4, 0.5) is 0 Å². The van der Waals surface area contributed by atoms with E-state index >= 15 is 0 Å². The van der Waals surface area contributed by atoms with E-state index in [1.165, 1.54) is 51.4 Å². The molecule has 1 nitrogen and oxygen atoms in total. The quantitative estimate of drug-likeness (QED) is 0.430. The highest BCUT2D eigenvalue weighted by Crippen LogP contribution is 2.01. The lowest BCUT2D eigenvalue weighted by atomic mass is 10.2. The van der Waals surface area contributed by atoms with Crippen molar-refractivity contribution in [3.05, 3.63) is 0 Å². The predicted octanol–water partition coefficient (Wildman–Crippen LogP) is 4.87. The summed E-state index contributed by atoms with van der Waals surface area (Å²) in [5, 5.41) is 0. The van der Waals surface area contributed by atoms with Gasteiger partial charge in [0.15, 0.2) is 0 Å². The second kappa shape index (κ2) is 14.9. The summed E-state index contributed by atoms with van der Waals surface area (Å²) in [6, 6.07) is 0. The van der Waals surface area contributed by atoms with E-state index in [0.29, 0.717) is 0 Å². The summed E-state index contributed by atoms with van der Waals surface area (Å²) in [4.78, 5) is 0. The summed E-state index contributed by atoms with van der Waals surface area (Å²) >= 11 is 0. The van der Waals surface area contributed by atoms with Gasteiger partial charge < -0.3 is 4.74 Å². The fraction of sp³-hybridized carbons (Fsp3) is 0.750. The maximum Gasteiger partial charge on any atom is 0.129 e. The molecule has 0 spiro atoms. The van der Waals surface area contributed by atoms with Gasteiger partial charge in [-0.05, 0) is 12.8 Å². The molecule has 0 aliphatic rings. The van der Waals surface area contributed by atoms with Crippen molar-refractivity contribution in [3.63, 3.8) is 0 Å². The van der Waals surface area contributed by atoms with E-state index in [0.717, 1.165) is 12.8 Å². The molecule has 0 bridgehead atoms. The minimum Gasteiger partial charge on any atom is -0.357 e. The van der Waals surface area contributed by atoms with Crippen LogP contribution in [-0.4, -0.2) is 0 Å². The number of ether oxygens (including phenoxy) is 1. The summed E-state index contributed by atoms with van der Waals surface area (Å²) in [7, 11) is 0. The highest BCUT2D eigenvalue weighted by Gasteiger charge is 1.84. The van der Waals surface area contributed by atoms with Crippen molar-refractivity contribution in [1.82, 2.24) is 0 Å². The third kappa shape index (κ3) is 14.9. The van der Waals surface area contributed by atoms with Crippen molar-refractivity contribution < 1.29 is 4.74 Å². The molecule has 0 unspecified atom stereocenters. The van der Waals surface area contributed by atoms with Crippen molar-refractivity contribution in [3.8, 4) is 24.1 Å². The zero-order valence-corrected chi connectivity index (χ0v) is 11.5. The number of unbranched alkanes of at least 4 members (excludes halogenated alkanes) is 8. The lowest BCUT2D eigenvalue weighted by molar-refractivity contribution is 0.476. The fourth-order valence-corrected chi connectivity index (χ4v) is 1.48. The molecule has 0 N–H and O–H groups in total. The Morgan fingerprint density at radius 3 is 1.53 bits per heavy atom. The van der Waals surface area contributed by atoms with E-state index < -0.39 is 0 Å². The maximum absolute atomic E-state index is 4.92. The summed E-state index contributed by atoms with van der Waals surface area (Å²) < 4.78 is 4.92. The molecule has 0 aromatic heterocycles. The summed E-state index contributed by atoms with van der Waals surface area (Å²) in [6.07, 6.45) is 17.2. The average molecular weight is 234 g/mol. The van der Waals surface area contributed by atoms with Crippen molar-refractivity contribution >= 4 is 0 Å². The topological polar surface area (TPSA) is 9.23 Å². The van der Waals surface area contributed by atoms with Gasteiger partial charge in [-0.2, -0.15) is 0 Å². The van der Waals surface area contributed by atoms with Gasteiger partial charge in [-0.15, -0.1) is 0 Å².